The topological polar surface area (TPSA) is 93.2 Å². The van der Waals surface area contributed by atoms with E-state index in [1.807, 2.05) is 0 Å². The van der Waals surface area contributed by atoms with Gasteiger partial charge in [-0.1, -0.05) is 59.6 Å². The molecule has 2 aliphatic heterocycles. The molecule has 0 bridgehead atoms. The van der Waals surface area contributed by atoms with Gasteiger partial charge in [0.15, 0.2) is 11.5 Å². The molecule has 4 amide bonds. The summed E-state index contributed by atoms with van der Waals surface area (Å²) in [5.74, 6) is -0.993. The van der Waals surface area contributed by atoms with E-state index >= 15 is 0 Å². The van der Waals surface area contributed by atoms with Crippen LogP contribution in [0.1, 0.15) is 41.4 Å². The fraction of sp³-hybridized carbons (Fsp3) is 0.0714. The monoisotopic (exact) mass is 612 g/mol. The number of rotatable bonds is 10. The molecule has 8 nitrogen and oxygen atoms in total. The minimum atomic E-state index is -0.429. The number of carbonyl (C=O) groups excluding carboxylic acids is 4. The molecule has 2 heterocycles. The molecule has 5 rings (SSSR count). The molecule has 0 aromatic heterocycles. The maximum Gasteiger partial charge on any atom is 0.272 e. The summed E-state index contributed by atoms with van der Waals surface area (Å²) in [6.45, 7) is -0.103. The molecule has 0 spiro atoms. The number of amides is 4. The van der Waals surface area contributed by atoms with Gasteiger partial charge in [0, 0.05) is 11.1 Å². The zero-order chi connectivity index (χ0) is 28.2. The van der Waals surface area contributed by atoms with Crippen LogP contribution in [-0.2, 0) is 0 Å². The fourth-order valence-corrected chi connectivity index (χ4v) is 5.74. The Balaban J connectivity index is 1.20. The predicted molar refractivity (Wildman–Crippen MR) is 154 cm³/mol. The van der Waals surface area contributed by atoms with E-state index in [0.717, 1.165) is 32.5 Å². The highest BCUT2D eigenvalue weighted by Gasteiger charge is 2.37. The number of nitrogens with zero attached hydrogens (tertiary/aromatic N) is 2. The van der Waals surface area contributed by atoms with Crippen molar-refractivity contribution in [2.24, 2.45) is 0 Å². The normalized spacial score (nSPS) is 15.1. The summed E-state index contributed by atoms with van der Waals surface area (Å²) < 4.78 is 13.9. The summed E-state index contributed by atoms with van der Waals surface area (Å²) in [4.78, 5) is 51.6. The molecule has 40 heavy (non-hydrogen) atoms. The van der Waals surface area contributed by atoms with Crippen LogP contribution in [-0.4, -0.2) is 45.5 Å². The molecule has 0 aliphatic carbocycles. The molecule has 0 unspecified atom stereocenters. The first-order valence-electron chi connectivity index (χ1n) is 11.7. The molecule has 3 aromatic carbocycles. The number of halogens is 2. The van der Waals surface area contributed by atoms with Gasteiger partial charge in [-0.25, -0.2) is 8.61 Å². The van der Waals surface area contributed by atoms with Crippen LogP contribution in [0.3, 0.4) is 0 Å². The van der Waals surface area contributed by atoms with Crippen molar-refractivity contribution in [3.8, 4) is 11.5 Å². The van der Waals surface area contributed by atoms with Crippen molar-refractivity contribution in [3.05, 3.63) is 116 Å². The Bertz CT molecular complexity index is 1410. The van der Waals surface area contributed by atoms with Crippen molar-refractivity contribution in [2.45, 2.75) is 0 Å². The largest absolute Gasteiger partial charge is 0.484 e. The number of imide groups is 2. The third-order valence-corrected chi connectivity index (χ3v) is 8.52. The second-order valence-corrected chi connectivity index (χ2v) is 10.8. The van der Waals surface area contributed by atoms with E-state index in [4.69, 9.17) is 32.7 Å². The Labute approximate surface area is 247 Å². The van der Waals surface area contributed by atoms with Gasteiger partial charge >= 0.3 is 0 Å². The van der Waals surface area contributed by atoms with Crippen molar-refractivity contribution in [1.82, 2.24) is 8.61 Å². The van der Waals surface area contributed by atoms with Crippen LogP contribution in [0.15, 0.2) is 93.7 Å². The lowest BCUT2D eigenvalue weighted by Crippen LogP contribution is -2.23. The van der Waals surface area contributed by atoms with Crippen molar-refractivity contribution in [3.63, 3.8) is 0 Å². The first-order valence-corrected chi connectivity index (χ1v) is 14.1. The van der Waals surface area contributed by atoms with Gasteiger partial charge in [-0.3, -0.25) is 19.2 Å². The van der Waals surface area contributed by atoms with Crippen LogP contribution in [0.2, 0.25) is 0 Å². The van der Waals surface area contributed by atoms with Crippen molar-refractivity contribution in [1.29, 1.82) is 0 Å². The Hall–Kier alpha value is -3.70. The van der Waals surface area contributed by atoms with Crippen LogP contribution in [0.4, 0.5) is 0 Å². The van der Waals surface area contributed by atoms with E-state index in [2.05, 4.69) is 0 Å². The number of hydrogen-bond donors (Lipinski definition) is 0. The molecule has 3 aromatic rings. The van der Waals surface area contributed by atoms with E-state index in [0.29, 0.717) is 43.6 Å². The molecular weight excluding hydrogens is 595 g/mol. The second-order valence-electron chi connectivity index (χ2n) is 8.26. The molecule has 0 fully saturated rings. The van der Waals surface area contributed by atoms with Gasteiger partial charge in [0.2, 0.25) is 0 Å². The number of ether oxygens (including phenoxy) is 2. The Morgan fingerprint density at radius 2 is 0.875 bits per heavy atom. The lowest BCUT2D eigenvalue weighted by molar-refractivity contribution is 0.0761. The lowest BCUT2D eigenvalue weighted by atomic mass is 10.1. The van der Waals surface area contributed by atoms with Crippen LogP contribution >= 0.6 is 47.1 Å². The van der Waals surface area contributed by atoms with Gasteiger partial charge in [-0.15, -0.1) is 0 Å². The summed E-state index contributed by atoms with van der Waals surface area (Å²) in [6.07, 6.45) is 0. The molecular formula is C28H18Cl2N2O6S2. The molecule has 0 saturated heterocycles. The van der Waals surface area contributed by atoms with E-state index < -0.39 is 23.6 Å². The molecule has 0 atom stereocenters. The molecule has 202 valence electrons. The molecule has 12 heteroatoms. The average Bonchev–Trinajstić information content (AvgIpc) is 3.37. The van der Waals surface area contributed by atoms with Crippen molar-refractivity contribution < 1.29 is 28.7 Å². The van der Waals surface area contributed by atoms with E-state index in [1.54, 1.807) is 72.8 Å². The van der Waals surface area contributed by atoms with Gasteiger partial charge in [0.1, 0.15) is 13.2 Å². The zero-order valence-electron chi connectivity index (χ0n) is 20.4. The van der Waals surface area contributed by atoms with Gasteiger partial charge in [0.05, 0.1) is 32.1 Å². The summed E-state index contributed by atoms with van der Waals surface area (Å²) in [5.41, 5.74) is 3.80. The quantitative estimate of drug-likeness (QED) is 0.189. The highest BCUT2D eigenvalue weighted by molar-refractivity contribution is 8.02. The van der Waals surface area contributed by atoms with Gasteiger partial charge in [-0.2, -0.15) is 0 Å². The highest BCUT2D eigenvalue weighted by Crippen LogP contribution is 2.36. The SMILES string of the molecule is O=C1c2ccccc2C(=O)N1S/C(=C/Cl)COc1ccccc1OC/C(=C\Cl)SN1C(=O)c2ccccc2C1=O. The average molecular weight is 614 g/mol. The Kier molecular flexibility index (Phi) is 8.51. The summed E-state index contributed by atoms with van der Waals surface area (Å²) in [7, 11) is 0. The minimum Gasteiger partial charge on any atom is -0.484 e. The number of carbonyl (C=O) groups is 4. The molecule has 2 aliphatic rings. The van der Waals surface area contributed by atoms with Crippen LogP contribution in [0.25, 0.3) is 0 Å². The lowest BCUT2D eigenvalue weighted by Gasteiger charge is -2.18. The fourth-order valence-electron chi connectivity index (χ4n) is 3.88. The van der Waals surface area contributed by atoms with E-state index in [9.17, 15) is 19.2 Å². The van der Waals surface area contributed by atoms with Crippen molar-refractivity contribution >= 4 is 70.7 Å². The third-order valence-electron chi connectivity index (χ3n) is 5.76. The Morgan fingerprint density at radius 1 is 0.575 bits per heavy atom. The van der Waals surface area contributed by atoms with Gasteiger partial charge in [0.25, 0.3) is 23.6 Å². The minimum absolute atomic E-state index is 0.0516. The summed E-state index contributed by atoms with van der Waals surface area (Å²) in [6, 6.07) is 20.0. The second kappa shape index (κ2) is 12.2. The summed E-state index contributed by atoms with van der Waals surface area (Å²) in [5, 5.41) is 0. The zero-order valence-corrected chi connectivity index (χ0v) is 23.6. The number of hydrogen-bond acceptors (Lipinski definition) is 8. The van der Waals surface area contributed by atoms with Gasteiger partial charge < -0.3 is 9.47 Å². The first-order chi connectivity index (χ1) is 19.4. The van der Waals surface area contributed by atoms with E-state index in [-0.39, 0.29) is 13.2 Å². The predicted octanol–water partition coefficient (Wildman–Crippen LogP) is 6.49. The number of fused-ring (bicyclic) bond motifs is 2. The smallest absolute Gasteiger partial charge is 0.272 e. The Morgan fingerprint density at radius 3 is 1.18 bits per heavy atom. The van der Waals surface area contributed by atoms with Crippen LogP contribution < -0.4 is 9.47 Å². The molecule has 0 radical (unpaired) electrons. The standard InChI is InChI=1S/C28H18Cl2N2O6S2/c29-13-17(39-31-25(33)19-7-1-2-8-20(19)26(31)34)15-37-23-11-5-6-12-24(23)38-16-18(14-30)40-32-27(35)21-9-3-4-10-22(21)28(32)36/h1-14H,15-16H2/b17-13+,18-14+. The molecule has 0 N–H and O–H groups in total. The molecule has 0 saturated carbocycles. The van der Waals surface area contributed by atoms with Crippen LogP contribution in [0.5, 0.6) is 11.5 Å². The van der Waals surface area contributed by atoms with Crippen molar-refractivity contribution in [2.75, 3.05) is 13.2 Å². The number of benzene rings is 3. The van der Waals surface area contributed by atoms with Gasteiger partial charge in [-0.05, 0) is 60.3 Å². The van der Waals surface area contributed by atoms with Crippen LogP contribution in [0, 0.1) is 0 Å². The van der Waals surface area contributed by atoms with E-state index in [1.165, 1.54) is 11.1 Å². The number of para-hydroxylation sites is 2. The first kappa shape index (κ1) is 27.9. The highest BCUT2D eigenvalue weighted by atomic mass is 35.5. The summed E-state index contributed by atoms with van der Waals surface area (Å²) >= 11 is 13.7. The maximum absolute atomic E-state index is 12.7. The third kappa shape index (κ3) is 5.48. The maximum atomic E-state index is 12.7.